The van der Waals surface area contributed by atoms with E-state index in [0.717, 1.165) is 27.2 Å². The smallest absolute Gasteiger partial charge is 0.383 e. The highest BCUT2D eigenvalue weighted by atomic mass is 32.2. The first-order chi connectivity index (χ1) is 16.3. The summed E-state index contributed by atoms with van der Waals surface area (Å²) < 4.78 is 70.7. The summed E-state index contributed by atoms with van der Waals surface area (Å²) in [7, 11) is 0. The van der Waals surface area contributed by atoms with Gasteiger partial charge in [-0.2, -0.15) is 22.0 Å². The third kappa shape index (κ3) is 3.49. The number of hydrogen-bond acceptors (Lipinski definition) is 3. The topological polar surface area (TPSA) is 37.3 Å². The van der Waals surface area contributed by atoms with E-state index in [2.05, 4.69) is 0 Å². The summed E-state index contributed by atoms with van der Waals surface area (Å²) in [6.07, 6.45) is -0.513. The molecule has 0 amide bonds. The molecule has 1 N–H and O–H groups in total. The van der Waals surface area contributed by atoms with Crippen LogP contribution in [0.1, 0.15) is 63.4 Å². The Hall–Kier alpha value is -1.67. The van der Waals surface area contributed by atoms with Crippen LogP contribution in [-0.2, 0) is 4.79 Å². The molecule has 0 heterocycles. The molecule has 8 heteroatoms. The minimum atomic E-state index is -5.83. The van der Waals surface area contributed by atoms with Crippen molar-refractivity contribution >= 4 is 17.5 Å². The number of rotatable bonds is 3. The zero-order valence-corrected chi connectivity index (χ0v) is 20.5. The quantitative estimate of drug-likeness (QED) is 0.343. The van der Waals surface area contributed by atoms with Gasteiger partial charge in [0.1, 0.15) is 5.60 Å². The van der Waals surface area contributed by atoms with Crippen LogP contribution in [0, 0.1) is 17.3 Å². The molecule has 2 nitrogen and oxygen atoms in total. The first kappa shape index (κ1) is 25.0. The van der Waals surface area contributed by atoms with E-state index in [1.807, 2.05) is 30.5 Å². The molecule has 4 aliphatic rings. The molecule has 1 aromatic rings. The van der Waals surface area contributed by atoms with Gasteiger partial charge in [-0.3, -0.25) is 4.79 Å². The standard InChI is InChI=1S/C27H29F5O2S/c1-24-14-21(15-3-7-18(35-2)8-4-15)23-19-10-6-17(33)13-16(19)5-9-20(23)22(24)11-12-25(24,34)26(28,29)27(30,31)32/h3-4,7-8,13,20-22,34H,5-6,9-12,14H2,1-2H3/t20-,21?,22-,24-,25?/m0/s1. The molecule has 2 unspecified atom stereocenters. The van der Waals surface area contributed by atoms with Gasteiger partial charge in [0.05, 0.1) is 0 Å². The maximum absolute atomic E-state index is 15.0. The lowest BCUT2D eigenvalue weighted by Crippen LogP contribution is -2.65. The van der Waals surface area contributed by atoms with Crippen molar-refractivity contribution in [2.24, 2.45) is 17.3 Å². The van der Waals surface area contributed by atoms with Crippen molar-refractivity contribution in [2.45, 2.75) is 80.4 Å². The number of ketones is 1. The number of thioether (sulfide) groups is 1. The fourth-order valence-corrected chi connectivity index (χ4v) is 7.96. The number of aliphatic hydroxyl groups is 1. The fraction of sp³-hybridized carbons (Fsp3) is 0.593. The molecule has 4 aliphatic carbocycles. The number of benzene rings is 1. The molecule has 5 rings (SSSR count). The van der Waals surface area contributed by atoms with E-state index in [4.69, 9.17) is 0 Å². The molecule has 1 aromatic carbocycles. The minimum Gasteiger partial charge on any atom is -0.383 e. The van der Waals surface area contributed by atoms with E-state index in [-0.39, 0.29) is 24.5 Å². The van der Waals surface area contributed by atoms with Crippen LogP contribution in [0.3, 0.4) is 0 Å². The average Bonchev–Trinajstić information content (AvgIpc) is 3.09. The maximum Gasteiger partial charge on any atom is 0.456 e. The minimum absolute atomic E-state index is 0.00894. The van der Waals surface area contributed by atoms with Gasteiger partial charge >= 0.3 is 12.1 Å². The van der Waals surface area contributed by atoms with E-state index in [1.165, 1.54) is 6.92 Å². The Morgan fingerprint density at radius 2 is 1.71 bits per heavy atom. The molecule has 0 radical (unpaired) electrons. The zero-order chi connectivity index (χ0) is 25.4. The fourth-order valence-electron chi connectivity index (χ4n) is 7.55. The van der Waals surface area contributed by atoms with Crippen molar-refractivity contribution < 1.29 is 31.9 Å². The Bertz CT molecular complexity index is 1110. The van der Waals surface area contributed by atoms with Gasteiger partial charge in [0, 0.05) is 22.6 Å². The second kappa shape index (κ2) is 8.17. The van der Waals surface area contributed by atoms with Crippen LogP contribution in [0.25, 0.3) is 0 Å². The van der Waals surface area contributed by atoms with Gasteiger partial charge in [0.25, 0.3) is 0 Å². The molecule has 0 bridgehead atoms. The lowest BCUT2D eigenvalue weighted by Gasteiger charge is -2.56. The zero-order valence-electron chi connectivity index (χ0n) is 19.7. The van der Waals surface area contributed by atoms with Gasteiger partial charge < -0.3 is 5.11 Å². The number of hydrogen-bond donors (Lipinski definition) is 1. The maximum atomic E-state index is 15.0. The van der Waals surface area contributed by atoms with E-state index in [1.54, 1.807) is 17.8 Å². The number of carbonyl (C=O) groups excluding carboxylic acids is 1. The Labute approximate surface area is 206 Å². The Balaban J connectivity index is 1.68. The van der Waals surface area contributed by atoms with Gasteiger partial charge in [-0.1, -0.05) is 24.6 Å². The molecule has 0 aliphatic heterocycles. The molecule has 2 fully saturated rings. The lowest BCUT2D eigenvalue weighted by atomic mass is 9.50. The highest BCUT2D eigenvalue weighted by molar-refractivity contribution is 7.98. The van der Waals surface area contributed by atoms with Gasteiger partial charge in [-0.15, -0.1) is 11.8 Å². The highest BCUT2D eigenvalue weighted by Crippen LogP contribution is 2.70. The van der Waals surface area contributed by atoms with Gasteiger partial charge in [0.2, 0.25) is 0 Å². The molecular weight excluding hydrogens is 483 g/mol. The van der Waals surface area contributed by atoms with E-state index in [0.29, 0.717) is 25.7 Å². The van der Waals surface area contributed by atoms with E-state index < -0.39 is 41.4 Å². The Kier molecular flexibility index (Phi) is 5.83. The molecule has 2 saturated carbocycles. The third-order valence-corrected chi connectivity index (χ3v) is 10.0. The number of carbonyl (C=O) groups is 1. The molecule has 35 heavy (non-hydrogen) atoms. The molecule has 0 aromatic heterocycles. The molecular formula is C27H29F5O2S. The predicted molar refractivity (Wildman–Crippen MR) is 124 cm³/mol. The monoisotopic (exact) mass is 512 g/mol. The van der Waals surface area contributed by atoms with Crippen LogP contribution in [0.2, 0.25) is 0 Å². The van der Waals surface area contributed by atoms with Crippen LogP contribution in [-0.4, -0.2) is 34.8 Å². The van der Waals surface area contributed by atoms with Crippen molar-refractivity contribution in [1.82, 2.24) is 0 Å². The Morgan fingerprint density at radius 3 is 2.34 bits per heavy atom. The van der Waals surface area contributed by atoms with Gasteiger partial charge in [-0.25, -0.2) is 0 Å². The van der Waals surface area contributed by atoms with Crippen molar-refractivity contribution in [2.75, 3.05) is 6.26 Å². The average molecular weight is 513 g/mol. The summed E-state index contributed by atoms with van der Waals surface area (Å²) in [4.78, 5) is 13.1. The molecule has 190 valence electrons. The summed E-state index contributed by atoms with van der Waals surface area (Å²) in [6.45, 7) is 1.45. The first-order valence-electron chi connectivity index (χ1n) is 12.1. The number of alkyl halides is 5. The van der Waals surface area contributed by atoms with Crippen molar-refractivity contribution in [3.8, 4) is 0 Å². The predicted octanol–water partition coefficient (Wildman–Crippen LogP) is 7.24. The van der Waals surface area contributed by atoms with Gasteiger partial charge in [0.15, 0.2) is 5.78 Å². The third-order valence-electron chi connectivity index (χ3n) is 9.28. The molecule has 0 spiro atoms. The van der Waals surface area contributed by atoms with E-state index in [9.17, 15) is 31.9 Å². The highest BCUT2D eigenvalue weighted by Gasteiger charge is 2.79. The normalized spacial score (nSPS) is 35.4. The largest absolute Gasteiger partial charge is 0.456 e. The van der Waals surface area contributed by atoms with Crippen LogP contribution in [0.5, 0.6) is 0 Å². The summed E-state index contributed by atoms with van der Waals surface area (Å²) >= 11 is 1.56. The molecule has 5 atom stereocenters. The van der Waals surface area contributed by atoms with Crippen LogP contribution < -0.4 is 0 Å². The summed E-state index contributed by atoms with van der Waals surface area (Å²) in [5, 5.41) is 11.3. The number of fused-ring (bicyclic) bond motifs is 4. The van der Waals surface area contributed by atoms with E-state index >= 15 is 0 Å². The van der Waals surface area contributed by atoms with Crippen LogP contribution in [0.15, 0.2) is 52.0 Å². The van der Waals surface area contributed by atoms with Crippen molar-refractivity contribution in [3.05, 3.63) is 52.6 Å². The Morgan fingerprint density at radius 1 is 1.03 bits per heavy atom. The van der Waals surface area contributed by atoms with Crippen molar-refractivity contribution in [3.63, 3.8) is 0 Å². The lowest BCUT2D eigenvalue weighted by molar-refractivity contribution is -0.362. The summed E-state index contributed by atoms with van der Waals surface area (Å²) in [5.41, 5.74) is -0.771. The summed E-state index contributed by atoms with van der Waals surface area (Å²) in [5.74, 6) is -6.21. The SMILES string of the molecule is CSc1ccc(C2C[C@@]3(C)[C@@H](CCC3(O)C(F)(F)C(F)(F)F)[C@@H]3CCC4=CC(=O)CCC4=C23)cc1. The summed E-state index contributed by atoms with van der Waals surface area (Å²) in [6, 6.07) is 7.72. The number of halogens is 5. The molecule has 0 saturated heterocycles. The van der Waals surface area contributed by atoms with Gasteiger partial charge in [-0.05, 0) is 91.5 Å². The first-order valence-corrected chi connectivity index (χ1v) is 13.3. The van der Waals surface area contributed by atoms with Crippen molar-refractivity contribution in [1.29, 1.82) is 0 Å². The van der Waals surface area contributed by atoms with Crippen LogP contribution in [0.4, 0.5) is 22.0 Å². The van der Waals surface area contributed by atoms with Crippen LogP contribution >= 0.6 is 11.8 Å². The number of allylic oxidation sites excluding steroid dienone is 4. The second-order valence-corrected chi connectivity index (χ2v) is 11.6. The second-order valence-electron chi connectivity index (χ2n) is 10.7.